The van der Waals surface area contributed by atoms with E-state index in [2.05, 4.69) is 10.3 Å². The Kier molecular flexibility index (Phi) is 5.69. The summed E-state index contributed by atoms with van der Waals surface area (Å²) >= 11 is 0. The maximum absolute atomic E-state index is 12.3. The summed E-state index contributed by atoms with van der Waals surface area (Å²) in [5.74, 6) is 0. The van der Waals surface area contributed by atoms with Gasteiger partial charge in [0.25, 0.3) is 10.2 Å². The normalized spacial score (nSPS) is 21.1. The molecule has 1 fully saturated rings. The fourth-order valence-electron chi connectivity index (χ4n) is 2.03. The van der Waals surface area contributed by atoms with Crippen LogP contribution >= 0.6 is 12.4 Å². The first-order valence-corrected chi connectivity index (χ1v) is 7.23. The fourth-order valence-corrected chi connectivity index (χ4v) is 3.29. The number of halogens is 1. The highest BCUT2D eigenvalue weighted by molar-refractivity contribution is 7.86. The molecule has 1 N–H and O–H groups in total. The Bertz CT molecular complexity index is 495. The molecule has 1 aromatic heterocycles. The van der Waals surface area contributed by atoms with Gasteiger partial charge in [-0.05, 0) is 11.6 Å². The minimum absolute atomic E-state index is 0. The minimum atomic E-state index is -3.40. The van der Waals surface area contributed by atoms with Gasteiger partial charge in [0.2, 0.25) is 0 Å². The molecule has 1 unspecified atom stereocenters. The Morgan fingerprint density at radius 3 is 2.79 bits per heavy atom. The quantitative estimate of drug-likeness (QED) is 0.870. The molecule has 0 aliphatic carbocycles. The first kappa shape index (κ1) is 16.3. The lowest BCUT2D eigenvalue weighted by Gasteiger charge is -2.36. The highest BCUT2D eigenvalue weighted by Crippen LogP contribution is 2.25. The number of pyridine rings is 1. The van der Waals surface area contributed by atoms with Crippen LogP contribution in [-0.2, 0) is 10.2 Å². The lowest BCUT2D eigenvalue weighted by molar-refractivity contribution is 0.257. The van der Waals surface area contributed by atoms with Crippen LogP contribution in [0.2, 0.25) is 0 Å². The molecule has 108 valence electrons. The number of nitrogens with one attached hydrogen (secondary N) is 1. The number of nitrogens with zero attached hydrogens (tertiary/aromatic N) is 3. The van der Waals surface area contributed by atoms with Gasteiger partial charge in [0.1, 0.15) is 0 Å². The summed E-state index contributed by atoms with van der Waals surface area (Å²) in [6, 6.07) is 3.53. The van der Waals surface area contributed by atoms with Crippen molar-refractivity contribution in [2.75, 3.05) is 33.7 Å². The van der Waals surface area contributed by atoms with Crippen molar-refractivity contribution in [3.05, 3.63) is 30.1 Å². The molecule has 2 rings (SSSR count). The predicted molar refractivity (Wildman–Crippen MR) is 76.4 cm³/mol. The maximum Gasteiger partial charge on any atom is 0.282 e. The van der Waals surface area contributed by atoms with E-state index in [0.29, 0.717) is 19.6 Å². The second-order valence-electron chi connectivity index (χ2n) is 4.41. The van der Waals surface area contributed by atoms with Gasteiger partial charge in [-0.25, -0.2) is 0 Å². The molecule has 1 atom stereocenters. The van der Waals surface area contributed by atoms with E-state index in [9.17, 15) is 8.42 Å². The largest absolute Gasteiger partial charge is 0.313 e. The molecule has 0 saturated carbocycles. The van der Waals surface area contributed by atoms with Crippen molar-refractivity contribution in [2.24, 2.45) is 0 Å². The SMILES string of the molecule is CN(C)S(=O)(=O)N1CCNCC1c1cccnc1.Cl. The minimum Gasteiger partial charge on any atom is -0.313 e. The standard InChI is InChI=1S/C11H18N4O2S.ClH/c1-14(2)18(16,17)15-7-6-13-9-11(15)10-4-3-5-12-8-10;/h3-5,8,11,13H,6-7,9H2,1-2H3;1H. The molecule has 1 aliphatic heterocycles. The Labute approximate surface area is 120 Å². The van der Waals surface area contributed by atoms with Crippen LogP contribution in [0.1, 0.15) is 11.6 Å². The van der Waals surface area contributed by atoms with Crippen molar-refractivity contribution in [2.45, 2.75) is 6.04 Å². The lowest BCUT2D eigenvalue weighted by Crippen LogP contribution is -2.51. The van der Waals surface area contributed by atoms with Crippen LogP contribution in [0.3, 0.4) is 0 Å². The number of aromatic nitrogens is 1. The summed E-state index contributed by atoms with van der Waals surface area (Å²) in [5.41, 5.74) is 0.912. The van der Waals surface area contributed by atoms with Gasteiger partial charge in [0.05, 0.1) is 6.04 Å². The molecule has 1 aliphatic rings. The summed E-state index contributed by atoms with van der Waals surface area (Å²) in [4.78, 5) is 4.06. The van der Waals surface area contributed by atoms with Gasteiger partial charge < -0.3 is 5.32 Å². The average molecular weight is 307 g/mol. The molecule has 0 bridgehead atoms. The average Bonchev–Trinajstić information content (AvgIpc) is 2.39. The van der Waals surface area contributed by atoms with Crippen LogP contribution in [0.4, 0.5) is 0 Å². The second-order valence-corrected chi connectivity index (χ2v) is 6.50. The molecule has 2 heterocycles. The number of hydrogen-bond acceptors (Lipinski definition) is 4. The van der Waals surface area contributed by atoms with Crippen LogP contribution in [-0.4, -0.2) is 55.7 Å². The molecule has 1 aromatic rings. The smallest absolute Gasteiger partial charge is 0.282 e. The van der Waals surface area contributed by atoms with Gasteiger partial charge in [-0.15, -0.1) is 12.4 Å². The zero-order chi connectivity index (χ0) is 13.2. The third-order valence-corrected chi connectivity index (χ3v) is 4.97. The molecule has 1 saturated heterocycles. The summed E-state index contributed by atoms with van der Waals surface area (Å²) in [7, 11) is -0.292. The van der Waals surface area contributed by atoms with Crippen molar-refractivity contribution in [1.82, 2.24) is 18.9 Å². The van der Waals surface area contributed by atoms with Crippen LogP contribution in [0, 0.1) is 0 Å². The maximum atomic E-state index is 12.3. The molecule has 0 amide bonds. The molecular weight excluding hydrogens is 288 g/mol. The zero-order valence-corrected chi connectivity index (χ0v) is 12.6. The van der Waals surface area contributed by atoms with E-state index in [0.717, 1.165) is 5.56 Å². The monoisotopic (exact) mass is 306 g/mol. The van der Waals surface area contributed by atoms with Crippen LogP contribution in [0.15, 0.2) is 24.5 Å². The van der Waals surface area contributed by atoms with E-state index >= 15 is 0 Å². The molecule has 19 heavy (non-hydrogen) atoms. The van der Waals surface area contributed by atoms with E-state index in [4.69, 9.17) is 0 Å². The van der Waals surface area contributed by atoms with Crippen LogP contribution in [0.25, 0.3) is 0 Å². The van der Waals surface area contributed by atoms with Gasteiger partial charge >= 0.3 is 0 Å². The molecule has 0 radical (unpaired) electrons. The van der Waals surface area contributed by atoms with Crippen LogP contribution < -0.4 is 5.32 Å². The van der Waals surface area contributed by atoms with E-state index in [-0.39, 0.29) is 18.4 Å². The second kappa shape index (κ2) is 6.62. The Morgan fingerprint density at radius 2 is 2.21 bits per heavy atom. The van der Waals surface area contributed by atoms with E-state index in [1.807, 2.05) is 12.1 Å². The summed E-state index contributed by atoms with van der Waals surface area (Å²) in [6.45, 7) is 1.75. The number of hydrogen-bond donors (Lipinski definition) is 1. The summed E-state index contributed by atoms with van der Waals surface area (Å²) in [5, 5.41) is 3.22. The molecule has 0 spiro atoms. The third-order valence-electron chi connectivity index (χ3n) is 3.02. The lowest BCUT2D eigenvalue weighted by atomic mass is 10.1. The number of rotatable bonds is 3. The van der Waals surface area contributed by atoms with Crippen LogP contribution in [0.5, 0.6) is 0 Å². The first-order chi connectivity index (χ1) is 8.53. The predicted octanol–water partition coefficient (Wildman–Crippen LogP) is 0.256. The fraction of sp³-hybridized carbons (Fsp3) is 0.545. The van der Waals surface area contributed by atoms with E-state index in [1.165, 1.54) is 8.61 Å². The van der Waals surface area contributed by atoms with Gasteiger partial charge in [0, 0.05) is 46.1 Å². The Hall–Kier alpha value is -0.730. The van der Waals surface area contributed by atoms with Gasteiger partial charge in [-0.2, -0.15) is 17.0 Å². The van der Waals surface area contributed by atoms with Crippen molar-refractivity contribution in [3.63, 3.8) is 0 Å². The highest BCUT2D eigenvalue weighted by atomic mass is 35.5. The van der Waals surface area contributed by atoms with E-state index < -0.39 is 10.2 Å². The third kappa shape index (κ3) is 3.43. The van der Waals surface area contributed by atoms with Crippen molar-refractivity contribution in [1.29, 1.82) is 0 Å². The number of piperazine rings is 1. The van der Waals surface area contributed by atoms with Gasteiger partial charge in [-0.3, -0.25) is 4.98 Å². The first-order valence-electron chi connectivity index (χ1n) is 5.83. The van der Waals surface area contributed by atoms with E-state index in [1.54, 1.807) is 26.5 Å². The topological polar surface area (TPSA) is 65.5 Å². The zero-order valence-electron chi connectivity index (χ0n) is 11.0. The molecular formula is C11H19ClN4O2S. The van der Waals surface area contributed by atoms with Crippen molar-refractivity contribution < 1.29 is 8.42 Å². The van der Waals surface area contributed by atoms with Crippen molar-refractivity contribution >= 4 is 22.6 Å². The Morgan fingerprint density at radius 1 is 1.47 bits per heavy atom. The van der Waals surface area contributed by atoms with Gasteiger partial charge in [-0.1, -0.05) is 6.07 Å². The Balaban J connectivity index is 0.00000180. The molecule has 6 nitrogen and oxygen atoms in total. The summed E-state index contributed by atoms with van der Waals surface area (Å²) in [6.07, 6.45) is 3.40. The summed E-state index contributed by atoms with van der Waals surface area (Å²) < 4.78 is 27.3. The highest BCUT2D eigenvalue weighted by Gasteiger charge is 2.34. The molecule has 8 heteroatoms. The van der Waals surface area contributed by atoms with Gasteiger partial charge in [0.15, 0.2) is 0 Å². The molecule has 0 aromatic carbocycles. The van der Waals surface area contributed by atoms with Crippen molar-refractivity contribution in [3.8, 4) is 0 Å².